The van der Waals surface area contributed by atoms with Gasteiger partial charge in [0.2, 0.25) is 0 Å². The maximum Gasteiger partial charge on any atom is 0.177 e. The molecule has 0 saturated carbocycles. The Bertz CT molecular complexity index is 800. The van der Waals surface area contributed by atoms with Crippen LogP contribution in [0.4, 0.5) is 0 Å². The number of benzene rings is 2. The van der Waals surface area contributed by atoms with Crippen molar-refractivity contribution in [2.75, 3.05) is 14.2 Å². The van der Waals surface area contributed by atoms with Gasteiger partial charge in [0, 0.05) is 21.5 Å². The molecule has 22 heavy (non-hydrogen) atoms. The number of hydrogen-bond donors (Lipinski definition) is 0. The molecule has 0 N–H and O–H groups in total. The number of rotatable bonds is 4. The van der Waals surface area contributed by atoms with Gasteiger partial charge in [-0.2, -0.15) is 0 Å². The fraction of sp³-hybridized carbons (Fsp3) is 0.167. The van der Waals surface area contributed by atoms with E-state index in [0.717, 1.165) is 33.3 Å². The van der Waals surface area contributed by atoms with E-state index in [4.69, 9.17) is 9.47 Å². The summed E-state index contributed by atoms with van der Waals surface area (Å²) in [6.45, 7) is 0.831. The molecule has 0 radical (unpaired) electrons. The van der Waals surface area contributed by atoms with Crippen LogP contribution in [0.1, 0.15) is 5.56 Å². The van der Waals surface area contributed by atoms with Crippen LogP contribution in [-0.2, 0) is 6.54 Å². The molecule has 0 atom stereocenters. The summed E-state index contributed by atoms with van der Waals surface area (Å²) in [6.07, 6.45) is 4.20. The van der Waals surface area contributed by atoms with Gasteiger partial charge in [-0.05, 0) is 29.7 Å². The first-order valence-corrected chi connectivity index (χ1v) is 7.78. The minimum absolute atomic E-state index is 0.747. The Kier molecular flexibility index (Phi) is 4.29. The smallest absolute Gasteiger partial charge is 0.177 e. The number of halogens is 1. The molecule has 0 bridgehead atoms. The van der Waals surface area contributed by atoms with Crippen molar-refractivity contribution in [3.05, 3.63) is 64.9 Å². The molecule has 1 heterocycles. The van der Waals surface area contributed by atoms with Gasteiger partial charge in [-0.25, -0.2) is 4.57 Å². The normalized spacial score (nSPS) is 10.7. The highest BCUT2D eigenvalue weighted by molar-refractivity contribution is 9.10. The highest BCUT2D eigenvalue weighted by Crippen LogP contribution is 2.31. The van der Waals surface area contributed by atoms with Crippen LogP contribution in [0, 0.1) is 0 Å². The molecule has 0 aliphatic heterocycles. The maximum atomic E-state index is 5.38. The van der Waals surface area contributed by atoms with Gasteiger partial charge in [-0.15, -0.1) is 0 Å². The molecule has 0 unspecified atom stereocenters. The molecule has 0 aliphatic rings. The van der Waals surface area contributed by atoms with E-state index in [-0.39, 0.29) is 0 Å². The van der Waals surface area contributed by atoms with Crippen LogP contribution in [0.5, 0.6) is 11.5 Å². The lowest BCUT2D eigenvalue weighted by molar-refractivity contribution is -0.687. The van der Waals surface area contributed by atoms with Crippen molar-refractivity contribution < 1.29 is 14.0 Å². The Labute approximate surface area is 138 Å². The van der Waals surface area contributed by atoms with E-state index in [1.54, 1.807) is 14.2 Å². The fourth-order valence-electron chi connectivity index (χ4n) is 2.46. The Morgan fingerprint density at radius 1 is 0.909 bits per heavy atom. The van der Waals surface area contributed by atoms with Crippen LogP contribution in [0.25, 0.3) is 10.8 Å². The highest BCUT2D eigenvalue weighted by Gasteiger charge is 2.10. The zero-order chi connectivity index (χ0) is 15.5. The Hall–Kier alpha value is -2.07. The van der Waals surface area contributed by atoms with E-state index >= 15 is 0 Å². The van der Waals surface area contributed by atoms with Gasteiger partial charge in [0.25, 0.3) is 0 Å². The molecule has 0 amide bonds. The topological polar surface area (TPSA) is 22.3 Å². The van der Waals surface area contributed by atoms with Gasteiger partial charge < -0.3 is 9.47 Å². The summed E-state index contributed by atoms with van der Waals surface area (Å²) in [5, 5.41) is 2.25. The third-order valence-electron chi connectivity index (χ3n) is 3.62. The van der Waals surface area contributed by atoms with Gasteiger partial charge in [-0.1, -0.05) is 28.1 Å². The van der Waals surface area contributed by atoms with Crippen LogP contribution >= 0.6 is 15.9 Å². The van der Waals surface area contributed by atoms with E-state index in [9.17, 15) is 0 Å². The standard InChI is InChI=1S/C18H17BrNO2/c1-21-17-9-14-7-8-20(12-15(14)10-18(17)22-2)11-13-3-5-16(19)6-4-13/h3-10,12H,11H2,1-2H3/q+1. The van der Waals surface area contributed by atoms with Crippen LogP contribution < -0.4 is 14.0 Å². The van der Waals surface area contributed by atoms with E-state index in [1.165, 1.54) is 5.56 Å². The molecule has 1 aromatic heterocycles. The van der Waals surface area contributed by atoms with Crippen LogP contribution in [0.2, 0.25) is 0 Å². The first-order chi connectivity index (χ1) is 10.7. The summed E-state index contributed by atoms with van der Waals surface area (Å²) < 4.78 is 14.0. The summed E-state index contributed by atoms with van der Waals surface area (Å²) in [4.78, 5) is 0. The largest absolute Gasteiger partial charge is 0.493 e. The summed E-state index contributed by atoms with van der Waals surface area (Å²) in [7, 11) is 3.31. The van der Waals surface area contributed by atoms with E-state index < -0.39 is 0 Å². The Morgan fingerprint density at radius 2 is 1.55 bits per heavy atom. The first-order valence-electron chi connectivity index (χ1n) is 6.99. The number of methoxy groups -OCH3 is 2. The van der Waals surface area contributed by atoms with E-state index in [0.29, 0.717) is 0 Å². The van der Waals surface area contributed by atoms with Crippen molar-refractivity contribution in [3.8, 4) is 11.5 Å². The third kappa shape index (κ3) is 3.07. The van der Waals surface area contributed by atoms with Crippen LogP contribution in [0.15, 0.2) is 59.3 Å². The van der Waals surface area contributed by atoms with Crippen molar-refractivity contribution in [2.24, 2.45) is 0 Å². The summed E-state index contributed by atoms with van der Waals surface area (Å²) in [5.41, 5.74) is 1.26. The van der Waals surface area contributed by atoms with E-state index in [1.807, 2.05) is 12.1 Å². The molecule has 112 valence electrons. The maximum absolute atomic E-state index is 5.38. The van der Waals surface area contributed by atoms with Crippen molar-refractivity contribution >= 4 is 26.7 Å². The molecule has 0 spiro atoms. The second kappa shape index (κ2) is 6.36. The molecular formula is C18H17BrNO2+. The summed E-state index contributed by atoms with van der Waals surface area (Å²) in [5.74, 6) is 1.50. The number of nitrogens with zero attached hydrogens (tertiary/aromatic N) is 1. The van der Waals surface area contributed by atoms with Gasteiger partial charge in [0.15, 0.2) is 30.4 Å². The lowest BCUT2D eigenvalue weighted by Gasteiger charge is -2.08. The Balaban J connectivity index is 1.96. The molecule has 0 fully saturated rings. The molecule has 3 aromatic rings. The average molecular weight is 359 g/mol. The zero-order valence-corrected chi connectivity index (χ0v) is 14.1. The van der Waals surface area contributed by atoms with Crippen LogP contribution in [0.3, 0.4) is 0 Å². The zero-order valence-electron chi connectivity index (χ0n) is 12.5. The Morgan fingerprint density at radius 3 is 2.18 bits per heavy atom. The quantitative estimate of drug-likeness (QED) is 0.658. The number of ether oxygens (including phenoxy) is 2. The first kappa shape index (κ1) is 14.9. The molecule has 3 rings (SSSR count). The number of aromatic nitrogens is 1. The van der Waals surface area contributed by atoms with Gasteiger partial charge >= 0.3 is 0 Å². The minimum atomic E-state index is 0.747. The van der Waals surface area contributed by atoms with Gasteiger partial charge in [-0.3, -0.25) is 0 Å². The number of fused-ring (bicyclic) bond motifs is 1. The predicted octanol–water partition coefficient (Wildman–Crippen LogP) is 3.96. The highest BCUT2D eigenvalue weighted by atomic mass is 79.9. The monoisotopic (exact) mass is 358 g/mol. The molecule has 3 nitrogen and oxygen atoms in total. The SMILES string of the molecule is COc1cc2cc[n+](Cc3ccc(Br)cc3)cc2cc1OC. The number of pyridine rings is 1. The summed E-state index contributed by atoms with van der Waals surface area (Å²) >= 11 is 3.46. The van der Waals surface area contributed by atoms with Gasteiger partial charge in [0.05, 0.1) is 14.2 Å². The average Bonchev–Trinajstić information content (AvgIpc) is 2.55. The molecule has 4 heteroatoms. The van der Waals surface area contributed by atoms with Crippen molar-refractivity contribution in [2.45, 2.75) is 6.54 Å². The number of hydrogen-bond acceptors (Lipinski definition) is 2. The minimum Gasteiger partial charge on any atom is -0.493 e. The van der Waals surface area contributed by atoms with E-state index in [2.05, 4.69) is 63.2 Å². The van der Waals surface area contributed by atoms with Gasteiger partial charge in [0.1, 0.15) is 0 Å². The van der Waals surface area contributed by atoms with Crippen molar-refractivity contribution in [1.29, 1.82) is 0 Å². The summed E-state index contributed by atoms with van der Waals surface area (Å²) in [6, 6.07) is 14.5. The second-order valence-corrected chi connectivity index (χ2v) is 6.00. The van der Waals surface area contributed by atoms with Crippen molar-refractivity contribution in [1.82, 2.24) is 0 Å². The van der Waals surface area contributed by atoms with Crippen molar-refractivity contribution in [3.63, 3.8) is 0 Å². The lowest BCUT2D eigenvalue weighted by atomic mass is 10.1. The molecule has 2 aromatic carbocycles. The van der Waals surface area contributed by atoms with Crippen LogP contribution in [-0.4, -0.2) is 14.2 Å². The third-order valence-corrected chi connectivity index (χ3v) is 4.15. The fourth-order valence-corrected chi connectivity index (χ4v) is 2.73. The molecule has 0 aliphatic carbocycles. The second-order valence-electron chi connectivity index (χ2n) is 5.08. The predicted molar refractivity (Wildman–Crippen MR) is 90.5 cm³/mol. The lowest BCUT2D eigenvalue weighted by Crippen LogP contribution is -2.33. The molecular weight excluding hydrogens is 342 g/mol. The molecule has 0 saturated heterocycles.